The Hall–Kier alpha value is -0.340. The second-order valence-corrected chi connectivity index (χ2v) is 5.64. The standard InChI is InChI=1S/C12H19NS/c1-9-3-4-12(14-9)10(2)11-5-7-13-8-6-11/h3-4,10-11,13H,5-8H2,1-2H3. The lowest BCUT2D eigenvalue weighted by atomic mass is 9.85. The highest BCUT2D eigenvalue weighted by Crippen LogP contribution is 2.34. The van der Waals surface area contributed by atoms with E-state index in [0.29, 0.717) is 0 Å². The molecule has 2 heterocycles. The van der Waals surface area contributed by atoms with E-state index in [1.807, 2.05) is 11.3 Å². The van der Waals surface area contributed by atoms with E-state index in [-0.39, 0.29) is 0 Å². The average Bonchev–Trinajstić information content (AvgIpc) is 2.65. The Kier molecular flexibility index (Phi) is 3.24. The fourth-order valence-corrected chi connectivity index (χ4v) is 3.30. The van der Waals surface area contributed by atoms with Gasteiger partial charge in [0.1, 0.15) is 0 Å². The predicted molar refractivity (Wildman–Crippen MR) is 63.1 cm³/mol. The first kappa shape index (κ1) is 10.2. The molecule has 1 unspecified atom stereocenters. The zero-order valence-corrected chi connectivity index (χ0v) is 9.86. The van der Waals surface area contributed by atoms with Crippen molar-refractivity contribution >= 4 is 11.3 Å². The second kappa shape index (κ2) is 4.45. The van der Waals surface area contributed by atoms with E-state index < -0.39 is 0 Å². The van der Waals surface area contributed by atoms with E-state index in [2.05, 4.69) is 31.3 Å². The van der Waals surface area contributed by atoms with Gasteiger partial charge < -0.3 is 5.32 Å². The summed E-state index contributed by atoms with van der Waals surface area (Å²) in [4.78, 5) is 3.02. The van der Waals surface area contributed by atoms with Crippen LogP contribution in [-0.4, -0.2) is 13.1 Å². The number of thiophene rings is 1. The molecule has 2 rings (SSSR count). The molecule has 78 valence electrons. The van der Waals surface area contributed by atoms with Crippen LogP contribution < -0.4 is 5.32 Å². The molecule has 1 saturated heterocycles. The second-order valence-electron chi connectivity index (χ2n) is 4.32. The van der Waals surface area contributed by atoms with Gasteiger partial charge in [0.15, 0.2) is 0 Å². The molecule has 0 aromatic carbocycles. The van der Waals surface area contributed by atoms with Crippen molar-refractivity contribution in [1.29, 1.82) is 0 Å². The zero-order valence-electron chi connectivity index (χ0n) is 9.05. The lowest BCUT2D eigenvalue weighted by molar-refractivity contribution is 0.333. The van der Waals surface area contributed by atoms with Gasteiger partial charge in [0.2, 0.25) is 0 Å². The van der Waals surface area contributed by atoms with E-state index in [9.17, 15) is 0 Å². The highest BCUT2D eigenvalue weighted by Gasteiger charge is 2.21. The van der Waals surface area contributed by atoms with E-state index >= 15 is 0 Å². The Balaban J connectivity index is 2.03. The maximum atomic E-state index is 3.43. The molecule has 0 spiro atoms. The smallest absolute Gasteiger partial charge is 0.00790 e. The van der Waals surface area contributed by atoms with Crippen LogP contribution in [0.25, 0.3) is 0 Å². The lowest BCUT2D eigenvalue weighted by Gasteiger charge is -2.27. The van der Waals surface area contributed by atoms with Crippen molar-refractivity contribution in [3.05, 3.63) is 21.9 Å². The molecular weight excluding hydrogens is 190 g/mol. The highest BCUT2D eigenvalue weighted by atomic mass is 32.1. The maximum Gasteiger partial charge on any atom is 0.00790 e. The summed E-state index contributed by atoms with van der Waals surface area (Å²) in [5.41, 5.74) is 0. The lowest BCUT2D eigenvalue weighted by Crippen LogP contribution is -2.29. The molecule has 1 nitrogen and oxygen atoms in total. The molecular formula is C12H19NS. The van der Waals surface area contributed by atoms with Crippen LogP contribution in [0.4, 0.5) is 0 Å². The van der Waals surface area contributed by atoms with Crippen molar-refractivity contribution in [3.63, 3.8) is 0 Å². The van der Waals surface area contributed by atoms with E-state index in [0.717, 1.165) is 11.8 Å². The third-order valence-electron chi connectivity index (χ3n) is 3.30. The largest absolute Gasteiger partial charge is 0.317 e. The van der Waals surface area contributed by atoms with Crippen LogP contribution in [0.15, 0.2) is 12.1 Å². The van der Waals surface area contributed by atoms with Gasteiger partial charge in [0, 0.05) is 9.75 Å². The van der Waals surface area contributed by atoms with Gasteiger partial charge in [0.25, 0.3) is 0 Å². The molecule has 0 aliphatic carbocycles. The topological polar surface area (TPSA) is 12.0 Å². The van der Waals surface area contributed by atoms with Crippen molar-refractivity contribution in [1.82, 2.24) is 5.32 Å². The quantitative estimate of drug-likeness (QED) is 0.789. The molecule has 0 amide bonds. The summed E-state index contributed by atoms with van der Waals surface area (Å²) in [5, 5.41) is 3.43. The fraction of sp³-hybridized carbons (Fsp3) is 0.667. The predicted octanol–water partition coefficient (Wildman–Crippen LogP) is 3.16. The number of rotatable bonds is 2. The van der Waals surface area contributed by atoms with Crippen molar-refractivity contribution < 1.29 is 0 Å². The van der Waals surface area contributed by atoms with Crippen LogP contribution in [0.2, 0.25) is 0 Å². The molecule has 1 atom stereocenters. The molecule has 0 saturated carbocycles. The first-order chi connectivity index (χ1) is 6.77. The summed E-state index contributed by atoms with van der Waals surface area (Å²) in [5.74, 6) is 1.66. The van der Waals surface area contributed by atoms with E-state index in [1.165, 1.54) is 30.8 Å². The molecule has 1 aliphatic heterocycles. The van der Waals surface area contributed by atoms with Crippen LogP contribution >= 0.6 is 11.3 Å². The van der Waals surface area contributed by atoms with Gasteiger partial charge in [-0.3, -0.25) is 0 Å². The molecule has 1 aliphatic rings. The number of hydrogen-bond acceptors (Lipinski definition) is 2. The number of nitrogens with one attached hydrogen (secondary N) is 1. The van der Waals surface area contributed by atoms with Crippen LogP contribution in [-0.2, 0) is 0 Å². The summed E-state index contributed by atoms with van der Waals surface area (Å²) < 4.78 is 0. The minimum atomic E-state index is 0.760. The van der Waals surface area contributed by atoms with Gasteiger partial charge in [-0.1, -0.05) is 6.92 Å². The fourth-order valence-electron chi connectivity index (χ4n) is 2.27. The molecule has 1 N–H and O–H groups in total. The van der Waals surface area contributed by atoms with Gasteiger partial charge in [-0.2, -0.15) is 0 Å². The summed E-state index contributed by atoms with van der Waals surface area (Å²) in [6, 6.07) is 4.56. The summed E-state index contributed by atoms with van der Waals surface area (Å²) >= 11 is 1.97. The third-order valence-corrected chi connectivity index (χ3v) is 4.50. The normalized spacial score (nSPS) is 21.0. The van der Waals surface area contributed by atoms with Crippen LogP contribution in [0.1, 0.15) is 35.4 Å². The number of piperidine rings is 1. The Morgan fingerprint density at radius 2 is 2.07 bits per heavy atom. The molecule has 1 aromatic rings. The van der Waals surface area contributed by atoms with Gasteiger partial charge >= 0.3 is 0 Å². The molecule has 0 bridgehead atoms. The maximum absolute atomic E-state index is 3.43. The van der Waals surface area contributed by atoms with Crippen LogP contribution in [0.3, 0.4) is 0 Å². The van der Waals surface area contributed by atoms with Crippen molar-refractivity contribution in [2.75, 3.05) is 13.1 Å². The van der Waals surface area contributed by atoms with Crippen molar-refractivity contribution in [2.45, 2.75) is 32.6 Å². The van der Waals surface area contributed by atoms with Crippen LogP contribution in [0.5, 0.6) is 0 Å². The summed E-state index contributed by atoms with van der Waals surface area (Å²) in [7, 11) is 0. The first-order valence-corrected chi connectivity index (χ1v) is 6.36. The SMILES string of the molecule is Cc1ccc(C(C)C2CCNCC2)s1. The summed E-state index contributed by atoms with van der Waals surface area (Å²) in [6.45, 7) is 7.00. The molecule has 14 heavy (non-hydrogen) atoms. The molecule has 0 radical (unpaired) electrons. The Labute approximate surface area is 90.5 Å². The molecule has 1 fully saturated rings. The monoisotopic (exact) mass is 209 g/mol. The Morgan fingerprint density at radius 3 is 2.64 bits per heavy atom. The van der Waals surface area contributed by atoms with E-state index in [4.69, 9.17) is 0 Å². The average molecular weight is 209 g/mol. The third kappa shape index (κ3) is 2.18. The van der Waals surface area contributed by atoms with Crippen LogP contribution in [0, 0.1) is 12.8 Å². The Morgan fingerprint density at radius 1 is 1.36 bits per heavy atom. The molecule has 1 aromatic heterocycles. The number of aryl methyl sites for hydroxylation is 1. The van der Waals surface area contributed by atoms with Gasteiger partial charge in [0.05, 0.1) is 0 Å². The van der Waals surface area contributed by atoms with Crippen molar-refractivity contribution in [3.8, 4) is 0 Å². The van der Waals surface area contributed by atoms with Gasteiger partial charge in [-0.25, -0.2) is 0 Å². The minimum absolute atomic E-state index is 0.760. The van der Waals surface area contributed by atoms with Gasteiger partial charge in [-0.05, 0) is 56.8 Å². The van der Waals surface area contributed by atoms with Crippen molar-refractivity contribution in [2.24, 2.45) is 5.92 Å². The summed E-state index contributed by atoms with van der Waals surface area (Å²) in [6.07, 6.45) is 2.69. The minimum Gasteiger partial charge on any atom is -0.317 e. The highest BCUT2D eigenvalue weighted by molar-refractivity contribution is 7.12. The number of hydrogen-bond donors (Lipinski definition) is 1. The Bertz CT molecular complexity index is 286. The first-order valence-electron chi connectivity index (χ1n) is 5.54. The molecule has 2 heteroatoms. The zero-order chi connectivity index (χ0) is 9.97. The van der Waals surface area contributed by atoms with Gasteiger partial charge in [-0.15, -0.1) is 11.3 Å². The van der Waals surface area contributed by atoms with E-state index in [1.54, 1.807) is 4.88 Å².